The van der Waals surface area contributed by atoms with E-state index in [1.807, 2.05) is 37.2 Å². The summed E-state index contributed by atoms with van der Waals surface area (Å²) in [6.07, 6.45) is 1.49. The molecule has 6 heteroatoms. The summed E-state index contributed by atoms with van der Waals surface area (Å²) in [5, 5.41) is 5.90. The summed E-state index contributed by atoms with van der Waals surface area (Å²) in [5.74, 6) is 0.00762. The second kappa shape index (κ2) is 10.2. The van der Waals surface area contributed by atoms with Crippen molar-refractivity contribution < 1.29 is 9.59 Å². The number of nitrogens with zero attached hydrogens (tertiary/aromatic N) is 2. The summed E-state index contributed by atoms with van der Waals surface area (Å²) in [7, 11) is 3.89. The Balaban J connectivity index is 2.23. The fourth-order valence-electron chi connectivity index (χ4n) is 3.06. The maximum absolute atomic E-state index is 12.9. The first-order valence-electron chi connectivity index (χ1n) is 10.0. The number of nitrogens with one attached hydrogen (secondary N) is 2. The number of anilines is 1. The minimum atomic E-state index is -0.317. The average Bonchev–Trinajstić information content (AvgIpc) is 2.67. The third-order valence-corrected chi connectivity index (χ3v) is 4.71. The molecule has 0 radical (unpaired) electrons. The molecule has 2 amide bonds. The van der Waals surface area contributed by atoms with E-state index in [-0.39, 0.29) is 29.3 Å². The molecule has 0 fully saturated rings. The van der Waals surface area contributed by atoms with Crippen LogP contribution in [0.2, 0.25) is 0 Å². The van der Waals surface area contributed by atoms with E-state index in [4.69, 9.17) is 0 Å². The van der Waals surface area contributed by atoms with Gasteiger partial charge in [0, 0.05) is 30.5 Å². The molecule has 6 nitrogen and oxygen atoms in total. The number of para-hydroxylation sites is 1. The lowest BCUT2D eigenvalue weighted by Crippen LogP contribution is -2.31. The molecule has 2 rings (SSSR count). The molecule has 0 aliphatic heterocycles. The van der Waals surface area contributed by atoms with Gasteiger partial charge in [-0.15, -0.1) is 0 Å². The van der Waals surface area contributed by atoms with E-state index in [0.29, 0.717) is 12.1 Å². The highest BCUT2D eigenvalue weighted by Crippen LogP contribution is 2.32. The van der Waals surface area contributed by atoms with Crippen molar-refractivity contribution in [2.75, 3.05) is 32.5 Å². The highest BCUT2D eigenvalue weighted by Gasteiger charge is 2.18. The number of pyridine rings is 1. The Morgan fingerprint density at radius 3 is 2.17 bits per heavy atom. The molecule has 29 heavy (non-hydrogen) atoms. The monoisotopic (exact) mass is 396 g/mol. The van der Waals surface area contributed by atoms with Crippen LogP contribution >= 0.6 is 0 Å². The van der Waals surface area contributed by atoms with Crippen LogP contribution in [0.5, 0.6) is 0 Å². The number of carbonyl (C=O) groups excluding carboxylic acids is 2. The number of hydrogen-bond acceptors (Lipinski definition) is 4. The van der Waals surface area contributed by atoms with Gasteiger partial charge in [0.05, 0.1) is 0 Å². The van der Waals surface area contributed by atoms with E-state index in [9.17, 15) is 9.59 Å². The van der Waals surface area contributed by atoms with Crippen molar-refractivity contribution >= 4 is 17.5 Å². The number of likely N-dealkylation sites (N-methyl/N-ethyl adjacent to an activating group) is 1. The predicted molar refractivity (Wildman–Crippen MR) is 118 cm³/mol. The van der Waals surface area contributed by atoms with Crippen LogP contribution in [0.15, 0.2) is 36.5 Å². The first-order chi connectivity index (χ1) is 13.7. The summed E-state index contributed by atoms with van der Waals surface area (Å²) in [5.41, 5.74) is 3.65. The minimum Gasteiger partial charge on any atom is -0.351 e. The Morgan fingerprint density at radius 1 is 1.00 bits per heavy atom. The van der Waals surface area contributed by atoms with Crippen molar-refractivity contribution in [1.82, 2.24) is 15.2 Å². The lowest BCUT2D eigenvalue weighted by Gasteiger charge is -2.20. The van der Waals surface area contributed by atoms with E-state index in [2.05, 4.69) is 43.3 Å². The summed E-state index contributed by atoms with van der Waals surface area (Å²) in [6.45, 7) is 9.69. The molecule has 1 aromatic heterocycles. The van der Waals surface area contributed by atoms with Gasteiger partial charge in [-0.2, -0.15) is 0 Å². The number of rotatable bonds is 8. The molecule has 0 bridgehead atoms. The minimum absolute atomic E-state index is 0.214. The third kappa shape index (κ3) is 6.12. The van der Waals surface area contributed by atoms with Gasteiger partial charge < -0.3 is 15.5 Å². The van der Waals surface area contributed by atoms with Gasteiger partial charge in [-0.3, -0.25) is 14.6 Å². The van der Waals surface area contributed by atoms with Gasteiger partial charge >= 0.3 is 0 Å². The fourth-order valence-corrected chi connectivity index (χ4v) is 3.06. The van der Waals surface area contributed by atoms with Crippen molar-refractivity contribution in [2.24, 2.45) is 0 Å². The Hall–Kier alpha value is -2.73. The van der Waals surface area contributed by atoms with Gasteiger partial charge in [0.2, 0.25) is 0 Å². The average molecular weight is 397 g/mol. The topological polar surface area (TPSA) is 74.3 Å². The van der Waals surface area contributed by atoms with Crippen LogP contribution in [0.4, 0.5) is 5.69 Å². The molecule has 0 spiro atoms. The predicted octanol–water partition coefficient (Wildman–Crippen LogP) is 3.87. The first kappa shape index (κ1) is 22.6. The molecule has 0 saturated carbocycles. The zero-order valence-corrected chi connectivity index (χ0v) is 18.2. The fraction of sp³-hybridized carbons (Fsp3) is 0.435. The van der Waals surface area contributed by atoms with Crippen LogP contribution in [-0.2, 0) is 0 Å². The summed E-state index contributed by atoms with van der Waals surface area (Å²) < 4.78 is 0. The lowest BCUT2D eigenvalue weighted by atomic mass is 9.92. The van der Waals surface area contributed by atoms with Gasteiger partial charge in [-0.25, -0.2) is 0 Å². The molecule has 1 aromatic carbocycles. The molecule has 0 atom stereocenters. The highest BCUT2D eigenvalue weighted by atomic mass is 16.2. The Kier molecular flexibility index (Phi) is 7.91. The van der Waals surface area contributed by atoms with E-state index in [0.717, 1.165) is 23.4 Å². The van der Waals surface area contributed by atoms with Crippen molar-refractivity contribution in [3.05, 3.63) is 58.9 Å². The molecule has 0 unspecified atom stereocenters. The van der Waals surface area contributed by atoms with Crippen molar-refractivity contribution in [3.8, 4) is 0 Å². The Labute approximate surface area is 173 Å². The molecule has 0 aliphatic rings. The van der Waals surface area contributed by atoms with Crippen molar-refractivity contribution in [2.45, 2.75) is 39.5 Å². The van der Waals surface area contributed by atoms with Crippen LogP contribution in [0.1, 0.15) is 71.5 Å². The third-order valence-electron chi connectivity index (χ3n) is 4.71. The molecular formula is C23H32N4O2. The molecular weight excluding hydrogens is 364 g/mol. The number of amides is 2. The maximum atomic E-state index is 12.9. The van der Waals surface area contributed by atoms with E-state index in [1.165, 1.54) is 12.3 Å². The first-order valence-corrected chi connectivity index (χ1v) is 10.0. The van der Waals surface area contributed by atoms with E-state index < -0.39 is 0 Å². The maximum Gasteiger partial charge on any atom is 0.274 e. The smallest absolute Gasteiger partial charge is 0.274 e. The zero-order chi connectivity index (χ0) is 21.6. The van der Waals surface area contributed by atoms with Crippen molar-refractivity contribution in [3.63, 3.8) is 0 Å². The molecule has 156 valence electrons. The van der Waals surface area contributed by atoms with Crippen LogP contribution in [0, 0.1) is 0 Å². The van der Waals surface area contributed by atoms with Crippen LogP contribution in [0.3, 0.4) is 0 Å². The summed E-state index contributed by atoms with van der Waals surface area (Å²) >= 11 is 0. The van der Waals surface area contributed by atoms with Gasteiger partial charge in [0.1, 0.15) is 5.69 Å². The molecule has 2 N–H and O–H groups in total. The molecule has 2 aromatic rings. The number of hydrogen-bond donors (Lipinski definition) is 2. The van der Waals surface area contributed by atoms with Gasteiger partial charge in [0.15, 0.2) is 0 Å². The number of carbonyl (C=O) groups is 2. The van der Waals surface area contributed by atoms with Crippen LogP contribution < -0.4 is 10.6 Å². The highest BCUT2D eigenvalue weighted by molar-refractivity contribution is 6.05. The second-order valence-electron chi connectivity index (χ2n) is 8.06. The standard InChI is InChI=1S/C23H32N4O2/c1-15(2)18-8-7-9-19(16(3)4)21(18)26-23(29)20-14-17(10-11-24-20)22(28)25-12-13-27(5)6/h7-11,14-16H,12-13H2,1-6H3,(H,25,28)(H,26,29). The summed E-state index contributed by atoms with van der Waals surface area (Å²) in [4.78, 5) is 31.5. The SMILES string of the molecule is CC(C)c1cccc(C(C)C)c1NC(=O)c1cc(C(=O)NCCN(C)C)ccn1. The van der Waals surface area contributed by atoms with Gasteiger partial charge in [-0.1, -0.05) is 45.9 Å². The van der Waals surface area contributed by atoms with Crippen LogP contribution in [0.25, 0.3) is 0 Å². The number of benzene rings is 1. The lowest BCUT2D eigenvalue weighted by molar-refractivity contribution is 0.0951. The van der Waals surface area contributed by atoms with Gasteiger partial charge in [-0.05, 0) is 49.2 Å². The molecule has 0 aliphatic carbocycles. The summed E-state index contributed by atoms with van der Waals surface area (Å²) in [6, 6.07) is 9.25. The van der Waals surface area contributed by atoms with E-state index in [1.54, 1.807) is 6.07 Å². The van der Waals surface area contributed by atoms with Crippen LogP contribution in [-0.4, -0.2) is 48.9 Å². The van der Waals surface area contributed by atoms with E-state index >= 15 is 0 Å². The quantitative estimate of drug-likeness (QED) is 0.710. The molecule has 1 heterocycles. The normalized spacial score (nSPS) is 11.2. The molecule has 0 saturated heterocycles. The van der Waals surface area contributed by atoms with Gasteiger partial charge in [0.25, 0.3) is 11.8 Å². The Bertz CT molecular complexity index is 833. The second-order valence-corrected chi connectivity index (χ2v) is 8.06. The zero-order valence-electron chi connectivity index (χ0n) is 18.2. The van der Waals surface area contributed by atoms with Crippen molar-refractivity contribution in [1.29, 1.82) is 0 Å². The largest absolute Gasteiger partial charge is 0.351 e. The Morgan fingerprint density at radius 2 is 1.62 bits per heavy atom. The number of aromatic nitrogens is 1.